The molecule has 2 aromatic carbocycles. The minimum atomic E-state index is -4.50. The summed E-state index contributed by atoms with van der Waals surface area (Å²) in [5.74, 6) is -1.90. The van der Waals surface area contributed by atoms with Crippen LogP contribution in [0.4, 0.5) is 18.9 Å². The fraction of sp³-hybridized carbons (Fsp3) is 0.348. The second kappa shape index (κ2) is 11.1. The van der Waals surface area contributed by atoms with Crippen LogP contribution < -0.4 is 5.32 Å². The summed E-state index contributed by atoms with van der Waals surface area (Å²) in [6.07, 6.45) is -4.54. The van der Waals surface area contributed by atoms with Gasteiger partial charge in [0.15, 0.2) is 0 Å². The van der Waals surface area contributed by atoms with Gasteiger partial charge in [-0.3, -0.25) is 9.59 Å². The number of fused-ring (bicyclic) bond motifs is 1. The van der Waals surface area contributed by atoms with Gasteiger partial charge in [0.25, 0.3) is 11.8 Å². The third-order valence-electron chi connectivity index (χ3n) is 5.25. The maximum Gasteiger partial charge on any atom is 0.416 e. The van der Waals surface area contributed by atoms with E-state index in [0.717, 1.165) is 12.1 Å². The highest BCUT2D eigenvalue weighted by atomic mass is 35.5. The van der Waals surface area contributed by atoms with E-state index in [1.54, 1.807) is 0 Å². The Morgan fingerprint density at radius 1 is 1.11 bits per heavy atom. The molecule has 2 amide bonds. The average Bonchev–Trinajstić information content (AvgIpc) is 3.20. The normalized spacial score (nSPS) is 12.8. The number of amidine groups is 1. The van der Waals surface area contributed by atoms with Gasteiger partial charge in [-0.2, -0.15) is 13.2 Å². The lowest BCUT2D eigenvalue weighted by Crippen LogP contribution is -2.37. The topological polar surface area (TPSA) is 100 Å². The first kappa shape index (κ1) is 26.5. The van der Waals surface area contributed by atoms with Gasteiger partial charge in [0, 0.05) is 38.8 Å². The number of hydrogen-bond donors (Lipinski definition) is 2. The van der Waals surface area contributed by atoms with Crippen molar-refractivity contribution in [3.8, 4) is 5.75 Å². The number of aliphatic imine (C=N–C) groups is 1. The van der Waals surface area contributed by atoms with E-state index in [-0.39, 0.29) is 54.7 Å². The largest absolute Gasteiger partial charge is 0.506 e. The summed E-state index contributed by atoms with van der Waals surface area (Å²) in [7, 11) is 2.96. The van der Waals surface area contributed by atoms with E-state index >= 15 is 0 Å². The second-order valence-corrected chi connectivity index (χ2v) is 8.09. The third-order valence-corrected chi connectivity index (χ3v) is 5.46. The first-order chi connectivity index (χ1) is 16.5. The van der Waals surface area contributed by atoms with Crippen LogP contribution in [0, 0.1) is 0 Å². The predicted molar refractivity (Wildman–Crippen MR) is 122 cm³/mol. The molecule has 2 N–H and O–H groups in total. The number of methoxy groups -OCH3 is 2. The molecule has 35 heavy (non-hydrogen) atoms. The zero-order valence-corrected chi connectivity index (χ0v) is 19.7. The van der Waals surface area contributed by atoms with Crippen LogP contribution >= 0.6 is 11.6 Å². The van der Waals surface area contributed by atoms with Gasteiger partial charge in [0.2, 0.25) is 0 Å². The number of carbonyl (C=O) groups is 2. The van der Waals surface area contributed by atoms with Crippen molar-refractivity contribution in [1.82, 2.24) is 10.2 Å². The number of halogens is 4. The molecule has 0 unspecified atom stereocenters. The van der Waals surface area contributed by atoms with Crippen LogP contribution in [-0.2, 0) is 22.1 Å². The number of rotatable bonds is 8. The summed E-state index contributed by atoms with van der Waals surface area (Å²) >= 11 is 6.13. The SMILES string of the molecule is COCCN(CCOC)C(=O)c1cc(Cl)cc(C(=O)NC2=Nc3ccc(C(F)(F)F)cc3C2)c1O. The molecule has 0 aliphatic carbocycles. The Morgan fingerprint density at radius 2 is 1.74 bits per heavy atom. The van der Waals surface area contributed by atoms with Crippen molar-refractivity contribution >= 4 is 34.9 Å². The summed E-state index contributed by atoms with van der Waals surface area (Å²) in [6.45, 7) is 0.892. The summed E-state index contributed by atoms with van der Waals surface area (Å²) in [5, 5.41) is 13.2. The van der Waals surface area contributed by atoms with E-state index in [9.17, 15) is 27.9 Å². The molecule has 1 aliphatic rings. The van der Waals surface area contributed by atoms with Crippen molar-refractivity contribution in [3.63, 3.8) is 0 Å². The number of hydrogen-bond acceptors (Lipinski definition) is 6. The molecule has 2 aromatic rings. The molecule has 12 heteroatoms. The summed E-state index contributed by atoms with van der Waals surface area (Å²) in [5.41, 5.74) is -0.698. The standard InChI is InChI=1S/C23H23ClF3N3O5/c1-34-7-5-30(6-8-35-2)22(33)17-12-15(24)11-16(20(17)31)21(32)29-19-10-13-9-14(23(25,26)27)3-4-18(13)28-19/h3-4,9,11-12,31H,5-8,10H2,1-2H3,(H,28,29,32). The fourth-order valence-electron chi connectivity index (χ4n) is 3.47. The van der Waals surface area contributed by atoms with Gasteiger partial charge in [0.05, 0.1) is 35.6 Å². The summed E-state index contributed by atoms with van der Waals surface area (Å²) < 4.78 is 49.0. The Kier molecular flexibility index (Phi) is 8.36. The Hall–Kier alpha value is -3.15. The van der Waals surface area contributed by atoms with Crippen molar-refractivity contribution in [2.45, 2.75) is 12.6 Å². The molecule has 0 saturated heterocycles. The lowest BCUT2D eigenvalue weighted by Gasteiger charge is -2.23. The number of ether oxygens (including phenoxy) is 2. The molecule has 0 bridgehead atoms. The molecule has 0 saturated carbocycles. The minimum absolute atomic E-state index is 0.0289. The maximum atomic E-state index is 13.1. The molecule has 1 aliphatic heterocycles. The Bertz CT molecular complexity index is 1150. The highest BCUT2D eigenvalue weighted by Gasteiger charge is 2.32. The lowest BCUT2D eigenvalue weighted by molar-refractivity contribution is -0.137. The summed E-state index contributed by atoms with van der Waals surface area (Å²) in [6, 6.07) is 5.53. The first-order valence-electron chi connectivity index (χ1n) is 10.4. The van der Waals surface area contributed by atoms with E-state index in [1.807, 2.05) is 0 Å². The number of benzene rings is 2. The smallest absolute Gasteiger partial charge is 0.416 e. The van der Waals surface area contributed by atoms with Crippen LogP contribution in [0.25, 0.3) is 0 Å². The Labute approximate surface area is 204 Å². The molecule has 3 rings (SSSR count). The first-order valence-corrected chi connectivity index (χ1v) is 10.8. The van der Waals surface area contributed by atoms with Gasteiger partial charge >= 0.3 is 6.18 Å². The molecule has 0 spiro atoms. The van der Waals surface area contributed by atoms with Gasteiger partial charge < -0.3 is 24.8 Å². The number of nitrogens with zero attached hydrogens (tertiary/aromatic N) is 2. The number of phenols is 1. The monoisotopic (exact) mass is 513 g/mol. The second-order valence-electron chi connectivity index (χ2n) is 7.66. The van der Waals surface area contributed by atoms with Gasteiger partial charge in [-0.25, -0.2) is 4.99 Å². The number of carbonyl (C=O) groups excluding carboxylic acids is 2. The highest BCUT2D eigenvalue weighted by Crippen LogP contribution is 2.35. The van der Waals surface area contributed by atoms with Crippen molar-refractivity contribution < 1.29 is 37.3 Å². The van der Waals surface area contributed by atoms with Crippen LogP contribution in [0.1, 0.15) is 31.8 Å². The maximum absolute atomic E-state index is 13.1. The predicted octanol–water partition coefficient (Wildman–Crippen LogP) is 3.82. The molecular formula is C23H23ClF3N3O5. The molecule has 0 fully saturated rings. The van der Waals surface area contributed by atoms with Crippen molar-refractivity contribution in [3.05, 3.63) is 57.6 Å². The lowest BCUT2D eigenvalue weighted by atomic mass is 10.1. The molecule has 1 heterocycles. The number of phenolic OH excluding ortho intramolecular Hbond substituents is 1. The van der Waals surface area contributed by atoms with E-state index in [4.69, 9.17) is 21.1 Å². The number of nitrogens with one attached hydrogen (secondary N) is 1. The van der Waals surface area contributed by atoms with Crippen LogP contribution in [0.2, 0.25) is 5.02 Å². The van der Waals surface area contributed by atoms with Crippen LogP contribution in [0.3, 0.4) is 0 Å². The molecule has 188 valence electrons. The number of aromatic hydroxyl groups is 1. The average molecular weight is 514 g/mol. The molecule has 0 atom stereocenters. The molecular weight excluding hydrogens is 491 g/mol. The molecule has 0 radical (unpaired) electrons. The van der Waals surface area contributed by atoms with Crippen LogP contribution in [0.5, 0.6) is 5.75 Å². The van der Waals surface area contributed by atoms with Crippen molar-refractivity contribution in [1.29, 1.82) is 0 Å². The van der Waals surface area contributed by atoms with Gasteiger partial charge in [-0.15, -0.1) is 0 Å². The zero-order valence-electron chi connectivity index (χ0n) is 18.9. The van der Waals surface area contributed by atoms with E-state index < -0.39 is 29.3 Å². The quantitative estimate of drug-likeness (QED) is 0.559. The third kappa shape index (κ3) is 6.30. The number of amides is 2. The van der Waals surface area contributed by atoms with Crippen LogP contribution in [-0.4, -0.2) is 68.2 Å². The van der Waals surface area contributed by atoms with Crippen LogP contribution in [0.15, 0.2) is 35.3 Å². The van der Waals surface area contributed by atoms with Crippen molar-refractivity contribution in [2.24, 2.45) is 4.99 Å². The van der Waals surface area contributed by atoms with Gasteiger partial charge in [-0.1, -0.05) is 11.6 Å². The fourth-order valence-corrected chi connectivity index (χ4v) is 3.69. The Balaban J connectivity index is 1.81. The van der Waals surface area contributed by atoms with E-state index in [1.165, 1.54) is 37.3 Å². The zero-order chi connectivity index (χ0) is 25.8. The van der Waals surface area contributed by atoms with Crippen molar-refractivity contribution in [2.75, 3.05) is 40.5 Å². The van der Waals surface area contributed by atoms with E-state index in [2.05, 4.69) is 10.3 Å². The molecule has 8 nitrogen and oxygen atoms in total. The molecule has 0 aromatic heterocycles. The Morgan fingerprint density at radius 3 is 2.34 bits per heavy atom. The van der Waals surface area contributed by atoms with Gasteiger partial charge in [0.1, 0.15) is 11.6 Å². The minimum Gasteiger partial charge on any atom is -0.506 e. The summed E-state index contributed by atoms with van der Waals surface area (Å²) in [4.78, 5) is 31.5. The van der Waals surface area contributed by atoms with Gasteiger partial charge in [-0.05, 0) is 35.9 Å². The number of alkyl halides is 3. The highest BCUT2D eigenvalue weighted by molar-refractivity contribution is 6.31. The van der Waals surface area contributed by atoms with E-state index in [0.29, 0.717) is 11.3 Å².